The summed E-state index contributed by atoms with van der Waals surface area (Å²) in [5.74, 6) is 1.90. The quantitative estimate of drug-likeness (QED) is 0.765. The van der Waals surface area contributed by atoms with Gasteiger partial charge in [0.25, 0.3) is 0 Å². The largest absolute Gasteiger partial charge is 0.349 e. The van der Waals surface area contributed by atoms with E-state index in [0.29, 0.717) is 29.6 Å². The van der Waals surface area contributed by atoms with E-state index in [9.17, 15) is 0 Å². The molecule has 3 nitrogen and oxygen atoms in total. The van der Waals surface area contributed by atoms with E-state index < -0.39 is 5.79 Å². The Bertz CT molecular complexity index is 345. The van der Waals surface area contributed by atoms with Crippen LogP contribution in [0, 0.1) is 29.6 Å². The third-order valence-corrected chi connectivity index (χ3v) is 6.30. The van der Waals surface area contributed by atoms with Gasteiger partial charge in [-0.15, -0.1) is 0 Å². The molecule has 2 aliphatic heterocycles. The third-order valence-electron chi connectivity index (χ3n) is 6.30. The fourth-order valence-corrected chi connectivity index (χ4v) is 3.58. The highest BCUT2D eigenvalue weighted by Crippen LogP contribution is 2.44. The molecule has 0 saturated carbocycles. The van der Waals surface area contributed by atoms with Crippen LogP contribution in [0.4, 0.5) is 0 Å². The maximum absolute atomic E-state index is 6.35. The smallest absolute Gasteiger partial charge is 0.171 e. The molecule has 20 heavy (non-hydrogen) atoms. The molecule has 0 aromatic heterocycles. The summed E-state index contributed by atoms with van der Waals surface area (Å²) in [4.78, 5) is 0. The molecule has 0 aromatic carbocycles. The molecule has 0 aromatic rings. The summed E-state index contributed by atoms with van der Waals surface area (Å²) in [6, 6.07) is 0. The molecule has 0 aliphatic carbocycles. The van der Waals surface area contributed by atoms with Crippen molar-refractivity contribution in [3.05, 3.63) is 0 Å². The van der Waals surface area contributed by atoms with E-state index in [1.807, 2.05) is 0 Å². The number of ether oxygens (including phenoxy) is 3. The first kappa shape index (κ1) is 16.3. The Hall–Kier alpha value is -0.120. The molecule has 0 bridgehead atoms. The van der Waals surface area contributed by atoms with Crippen LogP contribution in [0.5, 0.6) is 0 Å². The molecule has 3 heteroatoms. The Morgan fingerprint density at radius 1 is 0.750 bits per heavy atom. The zero-order chi connectivity index (χ0) is 15.2. The van der Waals surface area contributed by atoms with Gasteiger partial charge in [-0.1, -0.05) is 34.6 Å². The second-order valence-corrected chi connectivity index (χ2v) is 7.39. The Labute approximate surface area is 124 Å². The van der Waals surface area contributed by atoms with Gasteiger partial charge in [-0.25, -0.2) is 0 Å². The third kappa shape index (κ3) is 2.65. The van der Waals surface area contributed by atoms with Crippen LogP contribution in [0.3, 0.4) is 0 Å². The van der Waals surface area contributed by atoms with Gasteiger partial charge in [-0.3, -0.25) is 0 Å². The highest BCUT2D eigenvalue weighted by atomic mass is 16.8. The minimum Gasteiger partial charge on any atom is -0.349 e. The van der Waals surface area contributed by atoms with E-state index in [-0.39, 0.29) is 18.5 Å². The van der Waals surface area contributed by atoms with Crippen LogP contribution in [0.1, 0.15) is 55.4 Å². The van der Waals surface area contributed by atoms with Gasteiger partial charge >= 0.3 is 0 Å². The van der Waals surface area contributed by atoms with Crippen molar-refractivity contribution >= 4 is 0 Å². The second kappa shape index (κ2) is 5.58. The average molecular weight is 284 g/mol. The van der Waals surface area contributed by atoms with Crippen LogP contribution in [-0.4, -0.2) is 24.3 Å². The standard InChI is InChI=1S/C17H32O3/c1-9-10(2)14(6)18-16(11(9)3)20-17(8)13(5)12(4)15(7)19-17/h9-16H,1-8H3/t9-,10+,11?,12?,13-,14?,15-,16+,17+/m1/s1. The van der Waals surface area contributed by atoms with Crippen LogP contribution in [0.15, 0.2) is 0 Å². The summed E-state index contributed by atoms with van der Waals surface area (Å²) in [7, 11) is 0. The lowest BCUT2D eigenvalue weighted by molar-refractivity contribution is -0.343. The van der Waals surface area contributed by atoms with E-state index in [2.05, 4.69) is 55.4 Å². The number of rotatable bonds is 2. The molecule has 0 amide bonds. The van der Waals surface area contributed by atoms with Crippen molar-refractivity contribution in [3.8, 4) is 0 Å². The highest BCUT2D eigenvalue weighted by molar-refractivity contribution is 4.89. The molecule has 2 aliphatic rings. The molecule has 0 spiro atoms. The average Bonchev–Trinajstić information content (AvgIpc) is 2.57. The predicted octanol–water partition coefficient (Wildman–Crippen LogP) is 4.06. The fraction of sp³-hybridized carbons (Fsp3) is 1.00. The van der Waals surface area contributed by atoms with Crippen molar-refractivity contribution in [2.45, 2.75) is 79.7 Å². The molecule has 2 fully saturated rings. The first-order valence-electron chi connectivity index (χ1n) is 8.18. The molecule has 2 saturated heterocycles. The molecule has 2 heterocycles. The van der Waals surface area contributed by atoms with E-state index in [4.69, 9.17) is 14.2 Å². The first-order valence-corrected chi connectivity index (χ1v) is 8.18. The molecule has 3 unspecified atom stereocenters. The van der Waals surface area contributed by atoms with Crippen molar-refractivity contribution in [1.82, 2.24) is 0 Å². The van der Waals surface area contributed by atoms with Gasteiger partial charge in [0.15, 0.2) is 12.1 Å². The van der Waals surface area contributed by atoms with Gasteiger partial charge in [0, 0.05) is 11.8 Å². The Morgan fingerprint density at radius 3 is 1.85 bits per heavy atom. The molecule has 2 rings (SSSR count). The van der Waals surface area contributed by atoms with Crippen LogP contribution in [-0.2, 0) is 14.2 Å². The first-order chi connectivity index (χ1) is 9.17. The maximum Gasteiger partial charge on any atom is 0.171 e. The molecule has 0 radical (unpaired) electrons. The van der Waals surface area contributed by atoms with Crippen molar-refractivity contribution in [3.63, 3.8) is 0 Å². The molecular formula is C17H32O3. The molecule has 0 N–H and O–H groups in total. The van der Waals surface area contributed by atoms with E-state index >= 15 is 0 Å². The van der Waals surface area contributed by atoms with Gasteiger partial charge in [0.1, 0.15) is 0 Å². The van der Waals surface area contributed by atoms with Gasteiger partial charge in [0.2, 0.25) is 0 Å². The lowest BCUT2D eigenvalue weighted by Gasteiger charge is -2.45. The predicted molar refractivity (Wildman–Crippen MR) is 80.2 cm³/mol. The SMILES string of the molecule is CC1O[C@@H](O[C@]2(C)O[C@H](C)C(C)[C@H]2C)C(C)[C@H](C)[C@@H]1C. The van der Waals surface area contributed by atoms with Crippen LogP contribution >= 0.6 is 0 Å². The van der Waals surface area contributed by atoms with Gasteiger partial charge in [0.05, 0.1) is 12.2 Å². The maximum atomic E-state index is 6.35. The van der Waals surface area contributed by atoms with Crippen LogP contribution in [0.2, 0.25) is 0 Å². The van der Waals surface area contributed by atoms with Gasteiger partial charge < -0.3 is 14.2 Å². The monoisotopic (exact) mass is 284 g/mol. The lowest BCUT2D eigenvalue weighted by Crippen LogP contribution is -2.49. The molecule has 9 atom stereocenters. The Balaban J connectivity index is 2.09. The molecule has 118 valence electrons. The molecular weight excluding hydrogens is 252 g/mol. The fourth-order valence-electron chi connectivity index (χ4n) is 3.58. The van der Waals surface area contributed by atoms with Gasteiger partial charge in [-0.05, 0) is 38.5 Å². The summed E-state index contributed by atoms with van der Waals surface area (Å²) < 4.78 is 18.6. The van der Waals surface area contributed by atoms with Crippen molar-refractivity contribution in [2.24, 2.45) is 29.6 Å². The van der Waals surface area contributed by atoms with Crippen molar-refractivity contribution in [1.29, 1.82) is 0 Å². The van der Waals surface area contributed by atoms with Crippen molar-refractivity contribution in [2.75, 3.05) is 0 Å². The zero-order valence-corrected chi connectivity index (χ0v) is 14.3. The lowest BCUT2D eigenvalue weighted by atomic mass is 9.79. The van der Waals surface area contributed by atoms with Crippen LogP contribution in [0.25, 0.3) is 0 Å². The van der Waals surface area contributed by atoms with Crippen LogP contribution < -0.4 is 0 Å². The van der Waals surface area contributed by atoms with E-state index in [1.165, 1.54) is 0 Å². The summed E-state index contributed by atoms with van der Waals surface area (Å²) in [5, 5.41) is 0. The van der Waals surface area contributed by atoms with E-state index in [1.54, 1.807) is 0 Å². The normalized spacial score (nSPS) is 57.0. The second-order valence-electron chi connectivity index (χ2n) is 7.39. The summed E-state index contributed by atoms with van der Waals surface area (Å²) in [6.07, 6.45) is 0.310. The van der Waals surface area contributed by atoms with E-state index in [0.717, 1.165) is 0 Å². The highest BCUT2D eigenvalue weighted by Gasteiger charge is 2.50. The topological polar surface area (TPSA) is 27.7 Å². The Morgan fingerprint density at radius 2 is 1.35 bits per heavy atom. The summed E-state index contributed by atoms with van der Waals surface area (Å²) in [6.45, 7) is 17.6. The van der Waals surface area contributed by atoms with Gasteiger partial charge in [-0.2, -0.15) is 0 Å². The Kier molecular flexibility index (Phi) is 4.54. The zero-order valence-electron chi connectivity index (χ0n) is 14.3. The summed E-state index contributed by atoms with van der Waals surface area (Å²) >= 11 is 0. The number of hydrogen-bond donors (Lipinski definition) is 0. The minimum absolute atomic E-state index is 0.166. The number of hydrogen-bond acceptors (Lipinski definition) is 3. The minimum atomic E-state index is -0.530. The summed E-state index contributed by atoms with van der Waals surface area (Å²) in [5.41, 5.74) is 0. The van der Waals surface area contributed by atoms with Crippen molar-refractivity contribution < 1.29 is 14.2 Å².